The molecule has 5 nitrogen and oxygen atoms in total. The largest absolute Gasteiger partial charge is 0.338 e. The zero-order valence-electron chi connectivity index (χ0n) is 15.9. The van der Waals surface area contributed by atoms with Crippen LogP contribution in [0.15, 0.2) is 36.4 Å². The summed E-state index contributed by atoms with van der Waals surface area (Å²) in [5.74, 6) is 0.527. The van der Waals surface area contributed by atoms with Crippen molar-refractivity contribution in [3.8, 4) is 0 Å². The van der Waals surface area contributed by atoms with Crippen LogP contribution in [0, 0.1) is 12.8 Å². The first-order valence-electron chi connectivity index (χ1n) is 9.58. The van der Waals surface area contributed by atoms with Gasteiger partial charge in [0.2, 0.25) is 0 Å². The van der Waals surface area contributed by atoms with Gasteiger partial charge in [0.05, 0.1) is 17.1 Å². The molecule has 1 aromatic carbocycles. The lowest BCUT2D eigenvalue weighted by atomic mass is 9.92. The van der Waals surface area contributed by atoms with Gasteiger partial charge < -0.3 is 10.6 Å². The molecular formula is C21H26N4OS. The lowest BCUT2D eigenvalue weighted by Gasteiger charge is -2.34. The molecule has 4 rings (SSSR count). The van der Waals surface area contributed by atoms with E-state index >= 15 is 0 Å². The minimum atomic E-state index is 0.129. The van der Waals surface area contributed by atoms with Gasteiger partial charge in [-0.25, -0.2) is 0 Å². The van der Waals surface area contributed by atoms with E-state index in [4.69, 9.17) is 5.73 Å². The van der Waals surface area contributed by atoms with Crippen molar-refractivity contribution in [2.75, 3.05) is 13.1 Å². The average molecular weight is 383 g/mol. The Bertz CT molecular complexity index is 944. The summed E-state index contributed by atoms with van der Waals surface area (Å²) in [6.45, 7) is 6.36. The van der Waals surface area contributed by atoms with Gasteiger partial charge >= 0.3 is 0 Å². The third kappa shape index (κ3) is 3.64. The first-order valence-corrected chi connectivity index (χ1v) is 10.4. The van der Waals surface area contributed by atoms with E-state index in [0.29, 0.717) is 5.92 Å². The first-order chi connectivity index (χ1) is 13.0. The number of piperidine rings is 1. The Hall–Kier alpha value is -2.18. The number of hydrogen-bond donors (Lipinski definition) is 1. The number of aryl methyl sites for hydroxylation is 1. The highest BCUT2D eigenvalue weighted by atomic mass is 32.1. The van der Waals surface area contributed by atoms with E-state index in [1.165, 1.54) is 5.56 Å². The zero-order valence-corrected chi connectivity index (χ0v) is 16.7. The number of hydrogen-bond acceptors (Lipinski definition) is 4. The highest BCUT2D eigenvalue weighted by molar-refractivity contribution is 7.20. The summed E-state index contributed by atoms with van der Waals surface area (Å²) in [5, 5.41) is 5.76. The van der Waals surface area contributed by atoms with Gasteiger partial charge in [-0.05, 0) is 44.2 Å². The fraction of sp³-hybridized carbons (Fsp3) is 0.429. The first kappa shape index (κ1) is 18.2. The van der Waals surface area contributed by atoms with E-state index in [-0.39, 0.29) is 11.9 Å². The summed E-state index contributed by atoms with van der Waals surface area (Å²) >= 11 is 1.55. The second-order valence-electron chi connectivity index (χ2n) is 7.57. The Labute approximate surface area is 163 Å². The van der Waals surface area contributed by atoms with Crippen LogP contribution in [0.25, 0.3) is 10.2 Å². The molecule has 1 fully saturated rings. The minimum Gasteiger partial charge on any atom is -0.338 e. The Balaban J connectivity index is 1.60. The number of nitrogens with two attached hydrogens (primary N) is 1. The fourth-order valence-electron chi connectivity index (χ4n) is 3.86. The molecule has 1 aliphatic heterocycles. The molecule has 0 spiro atoms. The van der Waals surface area contributed by atoms with Gasteiger partial charge in [-0.2, -0.15) is 5.10 Å². The average Bonchev–Trinajstić information content (AvgIpc) is 3.24. The van der Waals surface area contributed by atoms with E-state index < -0.39 is 0 Å². The molecule has 1 saturated heterocycles. The second-order valence-corrected chi connectivity index (χ2v) is 8.60. The number of fused-ring (bicyclic) bond motifs is 1. The molecule has 142 valence electrons. The third-order valence-corrected chi connectivity index (χ3v) is 6.62. The molecule has 27 heavy (non-hydrogen) atoms. The minimum absolute atomic E-state index is 0.129. The molecule has 0 bridgehead atoms. The van der Waals surface area contributed by atoms with Crippen molar-refractivity contribution < 1.29 is 4.79 Å². The molecule has 0 radical (unpaired) electrons. The Morgan fingerprint density at radius 3 is 2.89 bits per heavy atom. The van der Waals surface area contributed by atoms with Crippen LogP contribution < -0.4 is 5.73 Å². The molecule has 2 aromatic heterocycles. The smallest absolute Gasteiger partial charge is 0.264 e. The van der Waals surface area contributed by atoms with Crippen LogP contribution in [0.4, 0.5) is 0 Å². The van der Waals surface area contributed by atoms with Crippen LogP contribution in [0.2, 0.25) is 0 Å². The van der Waals surface area contributed by atoms with Crippen molar-refractivity contribution in [1.29, 1.82) is 0 Å². The van der Waals surface area contributed by atoms with E-state index in [9.17, 15) is 4.79 Å². The summed E-state index contributed by atoms with van der Waals surface area (Å²) in [4.78, 5) is 16.9. The Morgan fingerprint density at radius 1 is 1.37 bits per heavy atom. The highest BCUT2D eigenvalue weighted by Gasteiger charge is 2.28. The normalized spacial score (nSPS) is 18.8. The van der Waals surface area contributed by atoms with Crippen molar-refractivity contribution in [2.45, 2.75) is 39.3 Å². The molecule has 3 heterocycles. The number of thiophene rings is 1. The van der Waals surface area contributed by atoms with Crippen molar-refractivity contribution in [3.63, 3.8) is 0 Å². The van der Waals surface area contributed by atoms with E-state index in [1.807, 2.05) is 47.7 Å². The van der Waals surface area contributed by atoms with Crippen molar-refractivity contribution >= 4 is 27.5 Å². The number of carbonyl (C=O) groups excluding carboxylic acids is 1. The maximum atomic E-state index is 13.1. The predicted octanol–water partition coefficient (Wildman–Crippen LogP) is 3.65. The SMILES string of the molecule is Cc1nn(Cc2ccccc2)c2sc(C(=O)N3CCCC(C(C)N)C3)cc12. The maximum absolute atomic E-state index is 13.1. The Morgan fingerprint density at radius 2 is 2.15 bits per heavy atom. The third-order valence-electron chi connectivity index (χ3n) is 5.48. The van der Waals surface area contributed by atoms with E-state index in [0.717, 1.165) is 53.3 Å². The lowest BCUT2D eigenvalue weighted by Crippen LogP contribution is -2.44. The van der Waals surface area contributed by atoms with Crippen LogP contribution in [0.5, 0.6) is 0 Å². The van der Waals surface area contributed by atoms with Crippen molar-refractivity contribution in [1.82, 2.24) is 14.7 Å². The van der Waals surface area contributed by atoms with Gasteiger partial charge in [0.15, 0.2) is 0 Å². The van der Waals surface area contributed by atoms with Gasteiger partial charge in [-0.1, -0.05) is 30.3 Å². The number of amides is 1. The molecule has 3 aromatic rings. The number of likely N-dealkylation sites (tertiary alicyclic amines) is 1. The molecule has 1 amide bonds. The van der Waals surface area contributed by atoms with Gasteiger partial charge in [0, 0.05) is 24.5 Å². The summed E-state index contributed by atoms with van der Waals surface area (Å²) in [7, 11) is 0. The fourth-order valence-corrected chi connectivity index (χ4v) is 4.99. The number of rotatable bonds is 4. The topological polar surface area (TPSA) is 64.2 Å². The molecule has 2 atom stereocenters. The molecular weight excluding hydrogens is 356 g/mol. The quantitative estimate of drug-likeness (QED) is 0.749. The number of nitrogens with zero attached hydrogens (tertiary/aromatic N) is 3. The van der Waals surface area contributed by atoms with E-state index in [2.05, 4.69) is 17.2 Å². The zero-order chi connectivity index (χ0) is 19.0. The highest BCUT2D eigenvalue weighted by Crippen LogP contribution is 2.31. The van der Waals surface area contributed by atoms with Crippen molar-refractivity contribution in [3.05, 3.63) is 52.5 Å². The predicted molar refractivity (Wildman–Crippen MR) is 110 cm³/mol. The Kier molecular flexibility index (Phi) is 5.02. The monoisotopic (exact) mass is 382 g/mol. The summed E-state index contributed by atoms with van der Waals surface area (Å²) < 4.78 is 2.02. The summed E-state index contributed by atoms with van der Waals surface area (Å²) in [6, 6.07) is 12.4. The number of benzene rings is 1. The lowest BCUT2D eigenvalue weighted by molar-refractivity contribution is 0.0666. The standard InChI is InChI=1S/C21H26N4OS/c1-14(22)17-9-6-10-24(13-17)20(26)19-11-18-15(2)23-25(21(18)27-19)12-16-7-4-3-5-8-16/h3-5,7-8,11,14,17H,6,9-10,12-13,22H2,1-2H3. The van der Waals surface area contributed by atoms with Crippen molar-refractivity contribution in [2.24, 2.45) is 11.7 Å². The molecule has 0 aliphatic carbocycles. The van der Waals surface area contributed by atoms with Crippen LogP contribution in [-0.4, -0.2) is 39.7 Å². The molecule has 1 aliphatic rings. The van der Waals surface area contributed by atoms with Crippen LogP contribution in [-0.2, 0) is 6.54 Å². The van der Waals surface area contributed by atoms with Gasteiger partial charge in [0.25, 0.3) is 5.91 Å². The second kappa shape index (κ2) is 7.44. The molecule has 2 unspecified atom stereocenters. The summed E-state index contributed by atoms with van der Waals surface area (Å²) in [5.41, 5.74) is 8.26. The number of aromatic nitrogens is 2. The van der Waals surface area contributed by atoms with Gasteiger partial charge in [-0.3, -0.25) is 9.48 Å². The molecule has 2 N–H and O–H groups in total. The maximum Gasteiger partial charge on any atom is 0.264 e. The van der Waals surface area contributed by atoms with Crippen LogP contribution >= 0.6 is 11.3 Å². The van der Waals surface area contributed by atoms with Gasteiger partial charge in [0.1, 0.15) is 4.83 Å². The molecule has 0 saturated carbocycles. The molecule has 6 heteroatoms. The van der Waals surface area contributed by atoms with Crippen LogP contribution in [0.1, 0.15) is 40.7 Å². The van der Waals surface area contributed by atoms with E-state index in [1.54, 1.807) is 11.3 Å². The number of carbonyl (C=O) groups is 1. The van der Waals surface area contributed by atoms with Crippen LogP contribution in [0.3, 0.4) is 0 Å². The van der Waals surface area contributed by atoms with Gasteiger partial charge in [-0.15, -0.1) is 11.3 Å². The summed E-state index contributed by atoms with van der Waals surface area (Å²) in [6.07, 6.45) is 2.14.